The largest absolute Gasteiger partial charge is 0.459 e. The molecule has 0 bridgehead atoms. The van der Waals surface area contributed by atoms with Crippen molar-refractivity contribution >= 4 is 19.6 Å². The fourth-order valence-electron chi connectivity index (χ4n) is 3.47. The highest BCUT2D eigenvalue weighted by atomic mass is 31.2. The van der Waals surface area contributed by atoms with Crippen LogP contribution in [0.15, 0.2) is 52.2 Å². The highest BCUT2D eigenvalue weighted by Crippen LogP contribution is 2.47. The van der Waals surface area contributed by atoms with Gasteiger partial charge in [0.05, 0.1) is 6.61 Å². The predicted octanol–water partition coefficient (Wildman–Crippen LogP) is 0.122. The van der Waals surface area contributed by atoms with Crippen molar-refractivity contribution in [3.05, 3.63) is 63.4 Å². The lowest BCUT2D eigenvalue weighted by Crippen LogP contribution is -2.44. The Morgan fingerprint density at radius 2 is 1.95 bits per heavy atom. The number of alkyl halides is 1. The first-order valence-electron chi connectivity index (χ1n) is 11.3. The van der Waals surface area contributed by atoms with E-state index in [-0.39, 0.29) is 5.75 Å². The van der Waals surface area contributed by atoms with Crippen molar-refractivity contribution in [1.82, 2.24) is 14.6 Å². The summed E-state index contributed by atoms with van der Waals surface area (Å²) in [5.41, 5.74) is 0.867. The lowest BCUT2D eigenvalue weighted by Gasteiger charge is -2.25. The van der Waals surface area contributed by atoms with E-state index in [0.29, 0.717) is 0 Å². The van der Waals surface area contributed by atoms with Gasteiger partial charge < -0.3 is 24.8 Å². The van der Waals surface area contributed by atoms with Crippen molar-refractivity contribution in [2.75, 3.05) is 6.61 Å². The van der Waals surface area contributed by atoms with Crippen molar-refractivity contribution in [2.24, 2.45) is 5.73 Å². The molecule has 1 aliphatic heterocycles. The number of ether oxygens (including phenoxy) is 2. The summed E-state index contributed by atoms with van der Waals surface area (Å²) in [7, 11) is -4.44. The molecular weight excluding hydrogens is 530 g/mol. The third-order valence-electron chi connectivity index (χ3n) is 5.60. The van der Waals surface area contributed by atoms with Crippen LogP contribution in [0.25, 0.3) is 0 Å². The first-order valence-corrected chi connectivity index (χ1v) is 12.9. The zero-order valence-electron chi connectivity index (χ0n) is 20.6. The number of aliphatic hydroxyl groups is 1. The Hall–Kier alpha value is -3.36. The molecule has 0 saturated carbocycles. The number of hydrogen-bond donors (Lipinski definition) is 4. The summed E-state index contributed by atoms with van der Waals surface area (Å²) >= 11 is 0. The molecule has 16 heteroatoms. The van der Waals surface area contributed by atoms with Crippen LogP contribution in [-0.4, -0.2) is 63.2 Å². The van der Waals surface area contributed by atoms with E-state index in [1.807, 2.05) is 4.98 Å². The van der Waals surface area contributed by atoms with Crippen LogP contribution in [0.2, 0.25) is 0 Å². The number of primary amides is 1. The van der Waals surface area contributed by atoms with Gasteiger partial charge in [0, 0.05) is 12.3 Å². The molecule has 2 aromatic rings. The minimum Gasteiger partial charge on any atom is -0.451 e. The van der Waals surface area contributed by atoms with Gasteiger partial charge in [-0.05, 0) is 32.9 Å². The van der Waals surface area contributed by atoms with E-state index in [4.69, 9.17) is 24.3 Å². The molecule has 5 N–H and O–H groups in total. The van der Waals surface area contributed by atoms with E-state index in [1.54, 1.807) is 18.2 Å². The van der Waals surface area contributed by atoms with Crippen LogP contribution in [0.5, 0.6) is 5.75 Å². The molecule has 1 saturated heterocycles. The molecule has 38 heavy (non-hydrogen) atoms. The molecule has 1 unspecified atom stereocenters. The predicted molar refractivity (Wildman–Crippen MR) is 129 cm³/mol. The SMILES string of the molecule is C[C@H](NP(=O)(OC[C@H]1O[C@@H](n2ccc(=O)[nH]c2=O)[C@](C)(F)[C@@H]1O)Oc1ccccc1)C(=O)O[C@@H](C)C(N)=O. The maximum absolute atomic E-state index is 15.5. The number of nitrogens with one attached hydrogen (secondary N) is 2. The Labute approximate surface area is 215 Å². The summed E-state index contributed by atoms with van der Waals surface area (Å²) in [4.78, 5) is 49.0. The maximum Gasteiger partial charge on any atom is 0.459 e. The standard InChI is InChI=1S/C22H28FN4O10P/c1-12(19(31)35-13(2)18(24)30)26-38(33,37-14-7-5-4-6-8-14)34-11-15-17(29)22(3,23)20(36-15)27-10-9-16(28)25-21(27)32/h4-10,12-13,15,17,20,29H,11H2,1-3H3,(H2,24,30)(H,26,33)(H,25,28,32)/t12-,13-,15+,17+,20+,22+,38?/m0/s1. The first kappa shape index (κ1) is 29.2. The monoisotopic (exact) mass is 558 g/mol. The van der Waals surface area contributed by atoms with Crippen LogP contribution < -0.4 is 26.6 Å². The molecule has 2 heterocycles. The number of aromatic nitrogens is 2. The normalized spacial score (nSPS) is 26.2. The number of rotatable bonds is 11. The molecule has 1 aliphatic rings. The fraction of sp³-hybridized carbons (Fsp3) is 0.455. The van der Waals surface area contributed by atoms with Crippen LogP contribution >= 0.6 is 7.75 Å². The second-order valence-corrected chi connectivity index (χ2v) is 10.4. The van der Waals surface area contributed by atoms with Gasteiger partial charge in [0.1, 0.15) is 24.0 Å². The van der Waals surface area contributed by atoms with Crippen LogP contribution in [-0.2, 0) is 28.2 Å². The van der Waals surface area contributed by atoms with E-state index in [0.717, 1.165) is 23.8 Å². The summed E-state index contributed by atoms with van der Waals surface area (Å²) in [5, 5.41) is 12.9. The summed E-state index contributed by atoms with van der Waals surface area (Å²) in [6.45, 7) is 2.78. The fourth-order valence-corrected chi connectivity index (χ4v) is 4.97. The minimum absolute atomic E-state index is 0.0790. The number of hydrogen-bond acceptors (Lipinski definition) is 10. The number of nitrogens with zero attached hydrogens (tertiary/aromatic N) is 1. The number of carbonyl (C=O) groups is 2. The average molecular weight is 558 g/mol. The second-order valence-electron chi connectivity index (χ2n) is 8.67. The van der Waals surface area contributed by atoms with Crippen LogP contribution in [0, 0.1) is 0 Å². The van der Waals surface area contributed by atoms with Crippen molar-refractivity contribution in [3.63, 3.8) is 0 Å². The van der Waals surface area contributed by atoms with E-state index in [9.17, 15) is 28.8 Å². The molecule has 7 atom stereocenters. The highest BCUT2D eigenvalue weighted by molar-refractivity contribution is 7.52. The molecule has 1 fully saturated rings. The maximum atomic E-state index is 15.5. The Kier molecular flexibility index (Phi) is 8.90. The van der Waals surface area contributed by atoms with Gasteiger partial charge in [-0.15, -0.1) is 0 Å². The molecule has 1 aromatic carbocycles. The number of aromatic amines is 1. The molecule has 0 spiro atoms. The van der Waals surface area contributed by atoms with Crippen LogP contribution in [0.4, 0.5) is 4.39 Å². The average Bonchev–Trinajstić information content (AvgIpc) is 3.06. The number of aliphatic hydroxyl groups excluding tert-OH is 1. The third-order valence-corrected chi connectivity index (χ3v) is 7.24. The highest BCUT2D eigenvalue weighted by Gasteiger charge is 2.56. The number of halogens is 1. The van der Waals surface area contributed by atoms with E-state index in [1.165, 1.54) is 26.0 Å². The summed E-state index contributed by atoms with van der Waals surface area (Å²) in [6, 6.07) is 7.37. The van der Waals surface area contributed by atoms with Gasteiger partial charge in [0.15, 0.2) is 18.0 Å². The Bertz CT molecular complexity index is 1320. The van der Waals surface area contributed by atoms with Crippen molar-refractivity contribution in [1.29, 1.82) is 0 Å². The van der Waals surface area contributed by atoms with Gasteiger partial charge in [-0.25, -0.2) is 13.8 Å². The number of para-hydroxylation sites is 1. The molecule has 3 rings (SSSR count). The topological polar surface area (TPSA) is 201 Å². The van der Waals surface area contributed by atoms with Crippen molar-refractivity contribution in [3.8, 4) is 5.75 Å². The van der Waals surface area contributed by atoms with Gasteiger partial charge in [-0.3, -0.25) is 28.5 Å². The van der Waals surface area contributed by atoms with Gasteiger partial charge in [-0.1, -0.05) is 18.2 Å². The second kappa shape index (κ2) is 11.6. The van der Waals surface area contributed by atoms with E-state index >= 15 is 4.39 Å². The van der Waals surface area contributed by atoms with E-state index < -0.39 is 73.7 Å². The zero-order chi connectivity index (χ0) is 28.3. The van der Waals surface area contributed by atoms with Crippen molar-refractivity contribution < 1.29 is 42.2 Å². The molecule has 14 nitrogen and oxygen atoms in total. The van der Waals surface area contributed by atoms with Crippen molar-refractivity contribution in [2.45, 2.75) is 57.0 Å². The van der Waals surface area contributed by atoms with Gasteiger partial charge in [0.25, 0.3) is 11.5 Å². The molecular formula is C22H28FN4O10P. The molecule has 0 radical (unpaired) electrons. The lowest BCUT2D eigenvalue weighted by atomic mass is 9.98. The Morgan fingerprint density at radius 1 is 1.29 bits per heavy atom. The number of benzene rings is 1. The third kappa shape index (κ3) is 6.74. The van der Waals surface area contributed by atoms with E-state index in [2.05, 4.69) is 5.09 Å². The number of nitrogens with two attached hydrogens (primary N) is 1. The van der Waals surface area contributed by atoms with Crippen LogP contribution in [0.1, 0.15) is 27.0 Å². The Morgan fingerprint density at radius 3 is 2.55 bits per heavy atom. The molecule has 0 aliphatic carbocycles. The smallest absolute Gasteiger partial charge is 0.451 e. The zero-order valence-corrected chi connectivity index (χ0v) is 21.5. The van der Waals surface area contributed by atoms with Gasteiger partial charge >= 0.3 is 19.4 Å². The number of esters is 1. The lowest BCUT2D eigenvalue weighted by molar-refractivity contribution is -0.155. The van der Waals surface area contributed by atoms with Crippen LogP contribution in [0.3, 0.4) is 0 Å². The Balaban J connectivity index is 1.79. The number of amides is 1. The van der Waals surface area contributed by atoms with Gasteiger partial charge in [-0.2, -0.15) is 5.09 Å². The quantitative estimate of drug-likeness (QED) is 0.216. The number of H-pyrrole nitrogens is 1. The molecule has 1 amide bonds. The van der Waals surface area contributed by atoms with Gasteiger partial charge in [0.2, 0.25) is 0 Å². The summed E-state index contributed by atoms with van der Waals surface area (Å²) in [5.74, 6) is -1.82. The first-order chi connectivity index (χ1) is 17.7. The minimum atomic E-state index is -4.44. The molecule has 1 aromatic heterocycles. The number of carbonyl (C=O) groups excluding carboxylic acids is 2. The summed E-state index contributed by atoms with van der Waals surface area (Å²) < 4.78 is 51.1. The molecule has 208 valence electrons. The summed E-state index contributed by atoms with van der Waals surface area (Å²) in [6.07, 6.45) is -5.25.